The predicted octanol–water partition coefficient (Wildman–Crippen LogP) is 5.07. The van der Waals surface area contributed by atoms with Crippen LogP contribution in [0, 0.1) is 11.7 Å². The van der Waals surface area contributed by atoms with Gasteiger partial charge in [0.15, 0.2) is 17.3 Å². The van der Waals surface area contributed by atoms with Crippen molar-refractivity contribution in [2.75, 3.05) is 23.3 Å². The first-order valence-electron chi connectivity index (χ1n) is 12.9. The van der Waals surface area contributed by atoms with Crippen LogP contribution in [-0.4, -0.2) is 54.1 Å². The summed E-state index contributed by atoms with van der Waals surface area (Å²) >= 11 is 0. The van der Waals surface area contributed by atoms with Crippen LogP contribution in [-0.2, 0) is 4.79 Å². The second kappa shape index (κ2) is 9.81. The summed E-state index contributed by atoms with van der Waals surface area (Å²) in [6.45, 7) is 5.90. The average Bonchev–Trinajstić information content (AvgIpc) is 3.54. The quantitative estimate of drug-likeness (QED) is 0.289. The van der Waals surface area contributed by atoms with Gasteiger partial charge in [-0.2, -0.15) is 5.10 Å². The van der Waals surface area contributed by atoms with Crippen molar-refractivity contribution in [1.29, 1.82) is 0 Å². The SMILES string of the molecule is CC(C)CC(=O)Nc1cncc(-c2ncc3[nH]nc(-c4nc5nccc(N6CCCCC6)c5[nH]4)c3c2F)c1. The van der Waals surface area contributed by atoms with E-state index in [1.54, 1.807) is 12.3 Å². The van der Waals surface area contributed by atoms with Gasteiger partial charge in [-0.3, -0.25) is 19.9 Å². The summed E-state index contributed by atoms with van der Waals surface area (Å²) in [4.78, 5) is 35.5. The summed E-state index contributed by atoms with van der Waals surface area (Å²) in [7, 11) is 0. The Bertz CT molecular complexity index is 1630. The Morgan fingerprint density at radius 3 is 2.79 bits per heavy atom. The average molecular weight is 514 g/mol. The zero-order chi connectivity index (χ0) is 26.2. The summed E-state index contributed by atoms with van der Waals surface area (Å²) in [5, 5.41) is 10.3. The Balaban J connectivity index is 1.39. The number of H-pyrrole nitrogens is 2. The molecule has 0 saturated carbocycles. The van der Waals surface area contributed by atoms with Gasteiger partial charge >= 0.3 is 0 Å². The molecule has 6 rings (SSSR count). The van der Waals surface area contributed by atoms with Crippen molar-refractivity contribution in [3.63, 3.8) is 0 Å². The number of hydrogen-bond acceptors (Lipinski definition) is 7. The van der Waals surface area contributed by atoms with E-state index in [9.17, 15) is 4.79 Å². The van der Waals surface area contributed by atoms with Crippen molar-refractivity contribution < 1.29 is 9.18 Å². The Morgan fingerprint density at radius 1 is 1.13 bits per heavy atom. The molecule has 3 N–H and O–H groups in total. The molecular formula is C27H28FN9O. The number of aromatic nitrogens is 7. The monoisotopic (exact) mass is 513 g/mol. The molecule has 38 heavy (non-hydrogen) atoms. The van der Waals surface area contributed by atoms with Crippen LogP contribution in [0.25, 0.3) is 44.8 Å². The summed E-state index contributed by atoms with van der Waals surface area (Å²) in [6.07, 6.45) is 10.2. The molecule has 11 heteroatoms. The van der Waals surface area contributed by atoms with E-state index in [4.69, 9.17) is 0 Å². The normalized spacial score (nSPS) is 14.1. The summed E-state index contributed by atoms with van der Waals surface area (Å²) in [5.41, 5.74) is 4.23. The fourth-order valence-corrected chi connectivity index (χ4v) is 4.98. The predicted molar refractivity (Wildman–Crippen MR) is 144 cm³/mol. The molecule has 5 aromatic heterocycles. The number of rotatable bonds is 6. The van der Waals surface area contributed by atoms with Crippen molar-refractivity contribution in [3.05, 3.63) is 42.7 Å². The lowest BCUT2D eigenvalue weighted by atomic mass is 10.1. The molecule has 5 aromatic rings. The van der Waals surface area contributed by atoms with Crippen molar-refractivity contribution in [2.24, 2.45) is 5.92 Å². The van der Waals surface area contributed by atoms with E-state index < -0.39 is 5.82 Å². The van der Waals surface area contributed by atoms with Crippen molar-refractivity contribution >= 4 is 39.3 Å². The van der Waals surface area contributed by atoms with Gasteiger partial charge in [0.1, 0.15) is 16.9 Å². The van der Waals surface area contributed by atoms with Gasteiger partial charge in [0.25, 0.3) is 0 Å². The van der Waals surface area contributed by atoms with E-state index >= 15 is 4.39 Å². The van der Waals surface area contributed by atoms with E-state index in [2.05, 4.69) is 45.3 Å². The van der Waals surface area contributed by atoms with Crippen LogP contribution in [0.15, 0.2) is 36.9 Å². The largest absolute Gasteiger partial charge is 0.370 e. The molecule has 1 aliphatic rings. The van der Waals surface area contributed by atoms with Gasteiger partial charge in [-0.1, -0.05) is 13.8 Å². The molecule has 0 unspecified atom stereocenters. The smallest absolute Gasteiger partial charge is 0.224 e. The van der Waals surface area contributed by atoms with Gasteiger partial charge in [0, 0.05) is 37.5 Å². The maximum atomic E-state index is 16.0. The molecule has 0 bridgehead atoms. The highest BCUT2D eigenvalue weighted by Gasteiger charge is 2.23. The van der Waals surface area contributed by atoms with Gasteiger partial charge < -0.3 is 15.2 Å². The zero-order valence-corrected chi connectivity index (χ0v) is 21.3. The number of carbonyl (C=O) groups excluding carboxylic acids is 1. The highest BCUT2D eigenvalue weighted by Crippen LogP contribution is 2.34. The number of nitrogens with zero attached hydrogens (tertiary/aromatic N) is 6. The number of nitrogens with one attached hydrogen (secondary N) is 3. The molecular weight excluding hydrogens is 485 g/mol. The summed E-state index contributed by atoms with van der Waals surface area (Å²) in [5.74, 6) is -0.0330. The Hall–Kier alpha value is -4.41. The lowest BCUT2D eigenvalue weighted by molar-refractivity contribution is -0.116. The van der Waals surface area contributed by atoms with Crippen molar-refractivity contribution in [1.82, 2.24) is 35.1 Å². The first-order valence-corrected chi connectivity index (χ1v) is 12.9. The number of amides is 1. The molecule has 1 aliphatic heterocycles. The van der Waals surface area contributed by atoms with E-state index in [1.165, 1.54) is 25.0 Å². The molecule has 194 valence electrons. The molecule has 1 amide bonds. The first-order chi connectivity index (χ1) is 18.5. The van der Waals surface area contributed by atoms with Crippen LogP contribution >= 0.6 is 0 Å². The Kier molecular flexibility index (Phi) is 6.18. The topological polar surface area (TPSA) is 128 Å². The number of carbonyl (C=O) groups is 1. The molecule has 0 atom stereocenters. The molecule has 0 radical (unpaired) electrons. The lowest BCUT2D eigenvalue weighted by Crippen LogP contribution is -2.29. The minimum atomic E-state index is -0.552. The number of imidazole rings is 1. The second-order valence-corrected chi connectivity index (χ2v) is 10.1. The fraction of sp³-hybridized carbons (Fsp3) is 0.333. The first kappa shape index (κ1) is 24.0. The van der Waals surface area contributed by atoms with Gasteiger partial charge in [0.2, 0.25) is 5.91 Å². The fourth-order valence-electron chi connectivity index (χ4n) is 4.98. The van der Waals surface area contributed by atoms with Crippen LogP contribution in [0.4, 0.5) is 15.8 Å². The lowest BCUT2D eigenvalue weighted by Gasteiger charge is -2.28. The van der Waals surface area contributed by atoms with Crippen molar-refractivity contribution in [3.8, 4) is 22.8 Å². The van der Waals surface area contributed by atoms with Gasteiger partial charge in [-0.25, -0.2) is 14.4 Å². The number of pyridine rings is 3. The van der Waals surface area contributed by atoms with Gasteiger partial charge in [0.05, 0.1) is 34.7 Å². The summed E-state index contributed by atoms with van der Waals surface area (Å²) in [6, 6.07) is 3.65. The highest BCUT2D eigenvalue weighted by molar-refractivity contribution is 5.97. The Morgan fingerprint density at radius 2 is 1.97 bits per heavy atom. The molecule has 0 aromatic carbocycles. The number of hydrogen-bond donors (Lipinski definition) is 3. The molecule has 1 fully saturated rings. The molecule has 1 saturated heterocycles. The Labute approximate surface area is 218 Å². The van der Waals surface area contributed by atoms with Crippen LogP contribution in [0.5, 0.6) is 0 Å². The van der Waals surface area contributed by atoms with Gasteiger partial charge in [-0.15, -0.1) is 0 Å². The standard InChI is InChI=1S/C27H28FN9O/c1-15(2)10-20(38)32-17-11-16(12-29-13-17)23-22(28)21-18(14-31-23)35-36-25(21)27-33-24-19(6-7-30-26(24)34-27)37-8-4-3-5-9-37/h6-7,11-15H,3-5,8-10H2,1-2H3,(H,32,38)(H,35,36)(H,30,33,34). The van der Waals surface area contributed by atoms with Gasteiger partial charge in [-0.05, 0) is 37.3 Å². The molecule has 0 spiro atoms. The van der Waals surface area contributed by atoms with E-state index in [-0.39, 0.29) is 22.9 Å². The third kappa shape index (κ3) is 4.44. The molecule has 0 aliphatic carbocycles. The van der Waals surface area contributed by atoms with Crippen LogP contribution in [0.3, 0.4) is 0 Å². The van der Waals surface area contributed by atoms with E-state index in [0.717, 1.165) is 37.1 Å². The minimum absolute atomic E-state index is 0.107. The number of aromatic amines is 2. The number of anilines is 2. The maximum Gasteiger partial charge on any atom is 0.224 e. The number of piperidine rings is 1. The molecule has 6 heterocycles. The zero-order valence-electron chi connectivity index (χ0n) is 21.3. The third-order valence-corrected chi connectivity index (χ3v) is 6.72. The number of halogens is 1. The van der Waals surface area contributed by atoms with Crippen LogP contribution in [0.2, 0.25) is 0 Å². The summed E-state index contributed by atoms with van der Waals surface area (Å²) < 4.78 is 16.0. The van der Waals surface area contributed by atoms with E-state index in [0.29, 0.717) is 40.4 Å². The highest BCUT2D eigenvalue weighted by atomic mass is 19.1. The van der Waals surface area contributed by atoms with Crippen LogP contribution in [0.1, 0.15) is 39.5 Å². The second-order valence-electron chi connectivity index (χ2n) is 10.1. The van der Waals surface area contributed by atoms with Crippen LogP contribution < -0.4 is 10.2 Å². The maximum absolute atomic E-state index is 16.0. The third-order valence-electron chi connectivity index (χ3n) is 6.72. The van der Waals surface area contributed by atoms with E-state index in [1.807, 2.05) is 19.9 Å². The molecule has 10 nitrogen and oxygen atoms in total. The number of fused-ring (bicyclic) bond motifs is 2. The van der Waals surface area contributed by atoms with Crippen molar-refractivity contribution in [2.45, 2.75) is 39.5 Å². The minimum Gasteiger partial charge on any atom is -0.370 e.